The Morgan fingerprint density at radius 1 is 1.12 bits per heavy atom. The van der Waals surface area contributed by atoms with E-state index in [1.54, 1.807) is 36.7 Å². The van der Waals surface area contributed by atoms with Gasteiger partial charge < -0.3 is 9.73 Å². The average molecular weight is 324 g/mol. The van der Waals surface area contributed by atoms with Crippen molar-refractivity contribution >= 4 is 5.91 Å². The van der Waals surface area contributed by atoms with Crippen molar-refractivity contribution in [3.8, 4) is 11.5 Å². The predicted octanol–water partition coefficient (Wildman–Crippen LogP) is 3.73. The maximum atomic E-state index is 13.5. The fourth-order valence-electron chi connectivity index (χ4n) is 2.34. The molecule has 2 aromatic heterocycles. The van der Waals surface area contributed by atoms with Gasteiger partial charge in [-0.15, -0.1) is 0 Å². The molecule has 0 aliphatic rings. The largest absolute Gasteiger partial charge is 0.463 e. The van der Waals surface area contributed by atoms with E-state index in [0.29, 0.717) is 24.3 Å². The summed E-state index contributed by atoms with van der Waals surface area (Å²) in [7, 11) is 0. The number of aromatic nitrogens is 1. The molecule has 1 amide bonds. The first-order valence-corrected chi connectivity index (χ1v) is 7.71. The number of furan rings is 1. The molecule has 0 aliphatic carbocycles. The molecule has 0 aliphatic heterocycles. The van der Waals surface area contributed by atoms with Crippen LogP contribution in [0.25, 0.3) is 11.5 Å². The SMILES string of the molecule is O=C(CCc1ccccc1F)NCc1ccc(-c2ccco2)nc1. The lowest BCUT2D eigenvalue weighted by molar-refractivity contribution is -0.121. The van der Waals surface area contributed by atoms with Gasteiger partial charge in [-0.3, -0.25) is 9.78 Å². The van der Waals surface area contributed by atoms with Crippen molar-refractivity contribution in [1.29, 1.82) is 0 Å². The summed E-state index contributed by atoms with van der Waals surface area (Å²) in [5.74, 6) is 0.312. The maximum absolute atomic E-state index is 13.5. The smallest absolute Gasteiger partial charge is 0.220 e. The highest BCUT2D eigenvalue weighted by molar-refractivity contribution is 5.76. The number of hydrogen-bond acceptors (Lipinski definition) is 3. The van der Waals surface area contributed by atoms with Gasteiger partial charge >= 0.3 is 0 Å². The molecule has 3 rings (SSSR count). The quantitative estimate of drug-likeness (QED) is 0.751. The molecule has 5 heteroatoms. The Balaban J connectivity index is 1.48. The molecule has 0 atom stereocenters. The summed E-state index contributed by atoms with van der Waals surface area (Å²) in [6.07, 6.45) is 3.93. The molecule has 0 saturated heterocycles. The molecule has 0 bridgehead atoms. The van der Waals surface area contributed by atoms with Gasteiger partial charge in [0.25, 0.3) is 0 Å². The van der Waals surface area contributed by atoms with Crippen LogP contribution in [0.3, 0.4) is 0 Å². The number of nitrogens with one attached hydrogen (secondary N) is 1. The Bertz CT molecular complexity index is 798. The number of aryl methyl sites for hydroxylation is 1. The van der Waals surface area contributed by atoms with Crippen molar-refractivity contribution in [3.05, 3.63) is 77.9 Å². The van der Waals surface area contributed by atoms with Gasteiger partial charge in [-0.1, -0.05) is 24.3 Å². The molecule has 0 saturated carbocycles. The molecule has 2 heterocycles. The van der Waals surface area contributed by atoms with Crippen molar-refractivity contribution in [1.82, 2.24) is 10.3 Å². The highest BCUT2D eigenvalue weighted by Gasteiger charge is 2.06. The molecular formula is C19H17FN2O2. The Morgan fingerprint density at radius 2 is 2.00 bits per heavy atom. The molecule has 0 spiro atoms. The number of nitrogens with zero attached hydrogens (tertiary/aromatic N) is 1. The Hall–Kier alpha value is -2.95. The monoisotopic (exact) mass is 324 g/mol. The van der Waals surface area contributed by atoms with Gasteiger partial charge in [-0.25, -0.2) is 4.39 Å². The van der Waals surface area contributed by atoms with E-state index < -0.39 is 0 Å². The lowest BCUT2D eigenvalue weighted by Crippen LogP contribution is -2.23. The van der Waals surface area contributed by atoms with Crippen LogP contribution in [0.15, 0.2) is 65.4 Å². The number of carbonyl (C=O) groups is 1. The molecule has 1 N–H and O–H groups in total. The summed E-state index contributed by atoms with van der Waals surface area (Å²) < 4.78 is 18.8. The zero-order chi connectivity index (χ0) is 16.8. The third-order valence-corrected chi connectivity index (χ3v) is 3.67. The molecule has 3 aromatic rings. The fourth-order valence-corrected chi connectivity index (χ4v) is 2.34. The molecule has 0 fully saturated rings. The summed E-state index contributed by atoms with van der Waals surface area (Å²) >= 11 is 0. The topological polar surface area (TPSA) is 55.1 Å². The van der Waals surface area contributed by atoms with Crippen LogP contribution >= 0.6 is 0 Å². The van der Waals surface area contributed by atoms with E-state index in [9.17, 15) is 9.18 Å². The molecule has 122 valence electrons. The lowest BCUT2D eigenvalue weighted by atomic mass is 10.1. The zero-order valence-corrected chi connectivity index (χ0v) is 13.0. The Kier molecular flexibility index (Phi) is 5.01. The predicted molar refractivity (Wildman–Crippen MR) is 88.5 cm³/mol. The van der Waals surface area contributed by atoms with Crippen LogP contribution < -0.4 is 5.32 Å². The second-order valence-corrected chi connectivity index (χ2v) is 5.40. The van der Waals surface area contributed by atoms with Crippen molar-refractivity contribution in [2.75, 3.05) is 0 Å². The fraction of sp³-hybridized carbons (Fsp3) is 0.158. The molecule has 0 radical (unpaired) electrons. The summed E-state index contributed by atoms with van der Waals surface area (Å²) in [6, 6.07) is 13.9. The van der Waals surface area contributed by atoms with Gasteiger partial charge in [0.1, 0.15) is 11.5 Å². The first-order valence-electron chi connectivity index (χ1n) is 7.71. The van der Waals surface area contributed by atoms with Crippen molar-refractivity contribution in [2.24, 2.45) is 0 Å². The maximum Gasteiger partial charge on any atom is 0.220 e. The standard InChI is InChI=1S/C19H17FN2O2/c20-16-5-2-1-4-15(16)8-10-19(23)22-13-14-7-9-17(21-12-14)18-6-3-11-24-18/h1-7,9,11-12H,8,10,13H2,(H,22,23). The van der Waals surface area contributed by atoms with Crippen molar-refractivity contribution < 1.29 is 13.6 Å². The van der Waals surface area contributed by atoms with Crippen LogP contribution in [-0.4, -0.2) is 10.9 Å². The summed E-state index contributed by atoms with van der Waals surface area (Å²) in [4.78, 5) is 16.2. The normalized spacial score (nSPS) is 10.5. The second kappa shape index (κ2) is 7.55. The van der Waals surface area contributed by atoms with E-state index in [1.807, 2.05) is 18.2 Å². The molecule has 1 aromatic carbocycles. The van der Waals surface area contributed by atoms with Crippen LogP contribution in [0.2, 0.25) is 0 Å². The van der Waals surface area contributed by atoms with E-state index in [-0.39, 0.29) is 18.1 Å². The van der Waals surface area contributed by atoms with E-state index >= 15 is 0 Å². The molecule has 4 nitrogen and oxygen atoms in total. The van der Waals surface area contributed by atoms with Crippen LogP contribution in [0, 0.1) is 5.82 Å². The van der Waals surface area contributed by atoms with Crippen LogP contribution in [0.5, 0.6) is 0 Å². The second-order valence-electron chi connectivity index (χ2n) is 5.40. The summed E-state index contributed by atoms with van der Waals surface area (Å²) in [5.41, 5.74) is 2.19. The highest BCUT2D eigenvalue weighted by Crippen LogP contribution is 2.17. The summed E-state index contributed by atoms with van der Waals surface area (Å²) in [6.45, 7) is 0.390. The minimum atomic E-state index is -0.275. The average Bonchev–Trinajstić information content (AvgIpc) is 3.14. The third kappa shape index (κ3) is 4.07. The van der Waals surface area contributed by atoms with Gasteiger partial charge in [-0.2, -0.15) is 0 Å². The van der Waals surface area contributed by atoms with Crippen LogP contribution in [0.1, 0.15) is 17.5 Å². The van der Waals surface area contributed by atoms with E-state index in [1.165, 1.54) is 6.07 Å². The van der Waals surface area contributed by atoms with Crippen molar-refractivity contribution in [2.45, 2.75) is 19.4 Å². The molecule has 24 heavy (non-hydrogen) atoms. The van der Waals surface area contributed by atoms with Gasteiger partial charge in [-0.05, 0) is 41.8 Å². The number of carbonyl (C=O) groups excluding carboxylic acids is 1. The Morgan fingerprint density at radius 3 is 2.71 bits per heavy atom. The number of halogens is 1. The number of hydrogen-bond donors (Lipinski definition) is 1. The van der Waals surface area contributed by atoms with Gasteiger partial charge in [0, 0.05) is 19.2 Å². The molecular weight excluding hydrogens is 307 g/mol. The first-order chi connectivity index (χ1) is 11.7. The van der Waals surface area contributed by atoms with Crippen LogP contribution in [-0.2, 0) is 17.8 Å². The van der Waals surface area contributed by atoms with E-state index in [4.69, 9.17) is 4.42 Å². The Labute approximate surface area is 139 Å². The first kappa shape index (κ1) is 15.9. The summed E-state index contributed by atoms with van der Waals surface area (Å²) in [5, 5.41) is 2.82. The zero-order valence-electron chi connectivity index (χ0n) is 13.0. The molecule has 0 unspecified atom stereocenters. The van der Waals surface area contributed by atoms with E-state index in [0.717, 1.165) is 11.3 Å². The number of rotatable bonds is 6. The highest BCUT2D eigenvalue weighted by atomic mass is 19.1. The van der Waals surface area contributed by atoms with Crippen LogP contribution in [0.4, 0.5) is 4.39 Å². The van der Waals surface area contributed by atoms with Gasteiger partial charge in [0.15, 0.2) is 5.76 Å². The van der Waals surface area contributed by atoms with E-state index in [2.05, 4.69) is 10.3 Å². The number of benzene rings is 1. The van der Waals surface area contributed by atoms with Gasteiger partial charge in [0.05, 0.1) is 6.26 Å². The number of amides is 1. The minimum absolute atomic E-state index is 0.117. The van der Waals surface area contributed by atoms with Gasteiger partial charge in [0.2, 0.25) is 5.91 Å². The van der Waals surface area contributed by atoms with Crippen molar-refractivity contribution in [3.63, 3.8) is 0 Å². The lowest BCUT2D eigenvalue weighted by Gasteiger charge is -2.06. The minimum Gasteiger partial charge on any atom is -0.463 e. The third-order valence-electron chi connectivity index (χ3n) is 3.67. The number of pyridine rings is 1.